The molecule has 0 fully saturated rings. The second kappa shape index (κ2) is 6.75. The molecular formula is C11H11NO5S. The van der Waals surface area contributed by atoms with Crippen molar-refractivity contribution in [2.45, 2.75) is 0 Å². The normalized spacial score (nSPS) is 9.83. The lowest BCUT2D eigenvalue weighted by Gasteiger charge is -2.00. The Morgan fingerprint density at radius 1 is 1.28 bits per heavy atom. The molecule has 96 valence electrons. The number of rotatable bonds is 6. The van der Waals surface area contributed by atoms with Crippen molar-refractivity contribution in [3.63, 3.8) is 0 Å². The fourth-order valence-corrected chi connectivity index (χ4v) is 1.88. The van der Waals surface area contributed by atoms with E-state index in [1.807, 2.05) is 0 Å². The maximum absolute atomic E-state index is 11.7. The Kier molecular flexibility index (Phi) is 5.31. The number of thioether (sulfide) groups is 1. The van der Waals surface area contributed by atoms with Gasteiger partial charge in [0.05, 0.1) is 23.5 Å². The van der Waals surface area contributed by atoms with Crippen molar-refractivity contribution in [2.24, 2.45) is 0 Å². The third kappa shape index (κ3) is 4.17. The molecule has 0 radical (unpaired) electrons. The van der Waals surface area contributed by atoms with Crippen LogP contribution in [0.4, 0.5) is 5.69 Å². The monoisotopic (exact) mass is 269 g/mol. The third-order valence-corrected chi connectivity index (χ3v) is 2.99. The Balaban J connectivity index is 2.51. The van der Waals surface area contributed by atoms with Crippen molar-refractivity contribution in [3.05, 3.63) is 39.9 Å². The highest BCUT2D eigenvalue weighted by atomic mass is 32.2. The summed E-state index contributed by atoms with van der Waals surface area (Å²) >= 11 is 1.14. The summed E-state index contributed by atoms with van der Waals surface area (Å²) in [4.78, 5) is 32.4. The number of non-ortho nitro benzene ring substituents is 1. The van der Waals surface area contributed by atoms with E-state index >= 15 is 0 Å². The van der Waals surface area contributed by atoms with Crippen LogP contribution in [-0.4, -0.2) is 35.3 Å². The number of ether oxygens (including phenoxy) is 1. The maximum Gasteiger partial charge on any atom is 0.315 e. The predicted molar refractivity (Wildman–Crippen MR) is 66.8 cm³/mol. The van der Waals surface area contributed by atoms with E-state index in [1.165, 1.54) is 31.4 Å². The summed E-state index contributed by atoms with van der Waals surface area (Å²) in [5.41, 5.74) is 0.326. The molecule has 1 aromatic carbocycles. The van der Waals surface area contributed by atoms with Crippen molar-refractivity contribution < 1.29 is 19.2 Å². The Morgan fingerprint density at radius 2 is 1.89 bits per heavy atom. The Hall–Kier alpha value is -1.89. The lowest BCUT2D eigenvalue weighted by molar-refractivity contribution is -0.384. The second-order valence-electron chi connectivity index (χ2n) is 3.30. The molecule has 0 atom stereocenters. The summed E-state index contributed by atoms with van der Waals surface area (Å²) < 4.78 is 4.43. The molecule has 1 rings (SSSR count). The number of carbonyl (C=O) groups excluding carboxylic acids is 2. The first-order chi connectivity index (χ1) is 8.54. The van der Waals surface area contributed by atoms with Gasteiger partial charge in [0.1, 0.15) is 0 Å². The quantitative estimate of drug-likeness (QED) is 0.338. The summed E-state index contributed by atoms with van der Waals surface area (Å²) in [5, 5.41) is 10.4. The van der Waals surface area contributed by atoms with Gasteiger partial charge in [-0.05, 0) is 12.1 Å². The molecule has 0 aliphatic rings. The van der Waals surface area contributed by atoms with Crippen molar-refractivity contribution in [1.82, 2.24) is 0 Å². The number of Topliss-reactive ketones (excluding diaryl/α,β-unsaturated/α-hetero) is 1. The molecule has 0 aliphatic carbocycles. The SMILES string of the molecule is COC(=O)CSCC(=O)c1ccc([N+](=O)[O-])cc1. The number of nitro benzene ring substituents is 1. The highest BCUT2D eigenvalue weighted by molar-refractivity contribution is 8.00. The smallest absolute Gasteiger partial charge is 0.315 e. The van der Waals surface area contributed by atoms with Crippen molar-refractivity contribution in [1.29, 1.82) is 0 Å². The van der Waals surface area contributed by atoms with E-state index in [2.05, 4.69) is 4.74 Å². The lowest BCUT2D eigenvalue weighted by Crippen LogP contribution is -2.08. The minimum Gasteiger partial charge on any atom is -0.468 e. The number of ketones is 1. The molecule has 0 heterocycles. The van der Waals surface area contributed by atoms with Crippen molar-refractivity contribution in [3.8, 4) is 0 Å². The van der Waals surface area contributed by atoms with Crippen LogP contribution < -0.4 is 0 Å². The molecule has 0 amide bonds. The van der Waals surface area contributed by atoms with Gasteiger partial charge in [-0.25, -0.2) is 0 Å². The Bertz CT molecular complexity index is 457. The summed E-state index contributed by atoms with van der Waals surface area (Å²) in [7, 11) is 1.28. The van der Waals surface area contributed by atoms with Gasteiger partial charge >= 0.3 is 5.97 Å². The fraction of sp³-hybridized carbons (Fsp3) is 0.273. The van der Waals surface area contributed by atoms with Gasteiger partial charge in [0.25, 0.3) is 5.69 Å². The number of hydrogen-bond donors (Lipinski definition) is 0. The number of nitrogens with zero attached hydrogens (tertiary/aromatic N) is 1. The average molecular weight is 269 g/mol. The van der Waals surface area contributed by atoms with Crippen molar-refractivity contribution >= 4 is 29.2 Å². The molecule has 0 saturated carbocycles. The number of carbonyl (C=O) groups is 2. The van der Waals surface area contributed by atoms with E-state index in [9.17, 15) is 19.7 Å². The summed E-state index contributed by atoms with van der Waals surface area (Å²) in [6, 6.07) is 5.36. The van der Waals surface area contributed by atoms with E-state index < -0.39 is 10.9 Å². The van der Waals surface area contributed by atoms with Crippen LogP contribution in [-0.2, 0) is 9.53 Å². The molecule has 0 saturated heterocycles. The first-order valence-electron chi connectivity index (χ1n) is 4.97. The largest absolute Gasteiger partial charge is 0.468 e. The third-order valence-electron chi connectivity index (χ3n) is 2.08. The van der Waals surface area contributed by atoms with Crippen LogP contribution in [0.2, 0.25) is 0 Å². The van der Waals surface area contributed by atoms with Gasteiger partial charge in [0, 0.05) is 17.7 Å². The molecule has 0 N–H and O–H groups in total. The topological polar surface area (TPSA) is 86.5 Å². The number of benzene rings is 1. The van der Waals surface area contributed by atoms with Gasteiger partial charge in [-0.1, -0.05) is 0 Å². The first-order valence-corrected chi connectivity index (χ1v) is 6.12. The minimum atomic E-state index is -0.528. The maximum atomic E-state index is 11.7. The molecule has 0 bridgehead atoms. The molecule has 0 aliphatic heterocycles. The van der Waals surface area contributed by atoms with Gasteiger partial charge in [-0.3, -0.25) is 19.7 Å². The molecule has 0 unspecified atom stereocenters. The van der Waals surface area contributed by atoms with E-state index in [0.29, 0.717) is 5.56 Å². The number of hydrogen-bond acceptors (Lipinski definition) is 6. The lowest BCUT2D eigenvalue weighted by atomic mass is 10.1. The molecular weight excluding hydrogens is 258 g/mol. The van der Waals surface area contributed by atoms with E-state index in [1.54, 1.807) is 0 Å². The zero-order chi connectivity index (χ0) is 13.5. The van der Waals surface area contributed by atoms with Gasteiger partial charge in [0.2, 0.25) is 0 Å². The summed E-state index contributed by atoms with van der Waals surface area (Å²) in [6.45, 7) is 0. The van der Waals surface area contributed by atoms with Crippen LogP contribution in [0, 0.1) is 10.1 Å². The van der Waals surface area contributed by atoms with Gasteiger partial charge in [0.15, 0.2) is 5.78 Å². The molecule has 18 heavy (non-hydrogen) atoms. The second-order valence-corrected chi connectivity index (χ2v) is 4.28. The van der Waals surface area contributed by atoms with E-state index in [4.69, 9.17) is 0 Å². The fourth-order valence-electron chi connectivity index (χ4n) is 1.14. The molecule has 0 aromatic heterocycles. The predicted octanol–water partition coefficient (Wildman–Crippen LogP) is 1.68. The van der Waals surface area contributed by atoms with E-state index in [0.717, 1.165) is 11.8 Å². The van der Waals surface area contributed by atoms with Crippen LogP contribution in [0.3, 0.4) is 0 Å². The summed E-state index contributed by atoms with van der Waals surface area (Å²) in [5.74, 6) is -0.336. The molecule has 0 spiro atoms. The zero-order valence-corrected chi connectivity index (χ0v) is 10.4. The standard InChI is InChI=1S/C11H11NO5S/c1-17-11(14)7-18-6-10(13)8-2-4-9(5-3-8)12(15)16/h2-5H,6-7H2,1H3. The van der Waals surface area contributed by atoms with Gasteiger partial charge < -0.3 is 4.74 Å². The molecule has 7 heteroatoms. The average Bonchev–Trinajstić information content (AvgIpc) is 2.38. The van der Waals surface area contributed by atoms with Crippen LogP contribution >= 0.6 is 11.8 Å². The molecule has 6 nitrogen and oxygen atoms in total. The van der Waals surface area contributed by atoms with Crippen LogP contribution in [0.5, 0.6) is 0 Å². The molecule has 1 aromatic rings. The first kappa shape index (κ1) is 14.2. The van der Waals surface area contributed by atoms with Crippen LogP contribution in [0.15, 0.2) is 24.3 Å². The van der Waals surface area contributed by atoms with Crippen LogP contribution in [0.25, 0.3) is 0 Å². The summed E-state index contributed by atoms with van der Waals surface area (Å²) in [6.07, 6.45) is 0. The zero-order valence-electron chi connectivity index (χ0n) is 9.62. The van der Waals surface area contributed by atoms with Gasteiger partial charge in [-0.15, -0.1) is 11.8 Å². The Labute approximate surface area is 107 Å². The van der Waals surface area contributed by atoms with E-state index in [-0.39, 0.29) is 23.0 Å². The van der Waals surface area contributed by atoms with Crippen LogP contribution in [0.1, 0.15) is 10.4 Å². The number of nitro groups is 1. The minimum absolute atomic E-state index is 0.0613. The highest BCUT2D eigenvalue weighted by Gasteiger charge is 2.10. The number of esters is 1. The highest BCUT2D eigenvalue weighted by Crippen LogP contribution is 2.14. The van der Waals surface area contributed by atoms with Gasteiger partial charge in [-0.2, -0.15) is 0 Å². The number of methoxy groups -OCH3 is 1. The Morgan fingerprint density at radius 3 is 2.39 bits per heavy atom. The van der Waals surface area contributed by atoms with Crippen molar-refractivity contribution in [2.75, 3.05) is 18.6 Å².